The largest absolute Gasteiger partial charge is 0.384 e. The third-order valence-corrected chi connectivity index (χ3v) is 6.01. The van der Waals surface area contributed by atoms with Gasteiger partial charge in [0.15, 0.2) is 0 Å². The van der Waals surface area contributed by atoms with Crippen LogP contribution in [0.3, 0.4) is 0 Å². The van der Waals surface area contributed by atoms with Gasteiger partial charge in [0.05, 0.1) is 34.3 Å². The third kappa shape index (κ3) is 3.47. The molecule has 0 amide bonds. The molecule has 1 aliphatic carbocycles. The number of anilines is 1. The SMILES string of the molecule is CC(C)(O)c1cccc(Cn2cc(-c3nc(N)nc4c(C5CC5)csc34)nn2)n1. The lowest BCUT2D eigenvalue weighted by atomic mass is 10.0. The van der Waals surface area contributed by atoms with Crippen LogP contribution < -0.4 is 5.73 Å². The lowest BCUT2D eigenvalue weighted by Crippen LogP contribution is -2.18. The molecule has 0 unspecified atom stereocenters. The van der Waals surface area contributed by atoms with Gasteiger partial charge in [-0.25, -0.2) is 14.6 Å². The Labute approximate surface area is 171 Å². The lowest BCUT2D eigenvalue weighted by Gasteiger charge is -2.17. The zero-order chi connectivity index (χ0) is 20.2. The fourth-order valence-corrected chi connectivity index (χ4v) is 4.46. The van der Waals surface area contributed by atoms with Gasteiger partial charge in [0.25, 0.3) is 0 Å². The van der Waals surface area contributed by atoms with Crippen LogP contribution >= 0.6 is 11.3 Å². The minimum Gasteiger partial charge on any atom is -0.384 e. The number of fused-ring (bicyclic) bond motifs is 1. The number of hydrogen-bond donors (Lipinski definition) is 2. The van der Waals surface area contributed by atoms with Crippen molar-refractivity contribution in [3.8, 4) is 11.4 Å². The van der Waals surface area contributed by atoms with Crippen LogP contribution in [0, 0.1) is 0 Å². The molecule has 4 heterocycles. The van der Waals surface area contributed by atoms with Crippen molar-refractivity contribution in [2.45, 2.75) is 44.8 Å². The van der Waals surface area contributed by atoms with Crippen molar-refractivity contribution in [1.29, 1.82) is 0 Å². The number of hydrogen-bond acceptors (Lipinski definition) is 8. The summed E-state index contributed by atoms with van der Waals surface area (Å²) in [5.41, 5.74) is 9.99. The highest BCUT2D eigenvalue weighted by Gasteiger charge is 2.28. The van der Waals surface area contributed by atoms with Crippen molar-refractivity contribution in [3.63, 3.8) is 0 Å². The molecule has 0 radical (unpaired) electrons. The molecule has 4 aromatic rings. The fourth-order valence-electron chi connectivity index (χ4n) is 3.37. The second-order valence-corrected chi connectivity index (χ2v) is 8.83. The summed E-state index contributed by atoms with van der Waals surface area (Å²) in [7, 11) is 0. The molecule has 9 heteroatoms. The molecule has 5 rings (SSSR count). The Hall–Kier alpha value is -2.91. The van der Waals surface area contributed by atoms with Crippen LogP contribution in [-0.2, 0) is 12.1 Å². The van der Waals surface area contributed by atoms with Gasteiger partial charge in [-0.2, -0.15) is 0 Å². The van der Waals surface area contributed by atoms with Crippen molar-refractivity contribution >= 4 is 27.5 Å². The van der Waals surface area contributed by atoms with Gasteiger partial charge in [0.2, 0.25) is 5.95 Å². The molecule has 0 aromatic carbocycles. The number of nitrogens with zero attached hydrogens (tertiary/aromatic N) is 6. The Bertz CT molecular complexity index is 1200. The predicted molar refractivity (Wildman–Crippen MR) is 111 cm³/mol. The van der Waals surface area contributed by atoms with E-state index < -0.39 is 5.60 Å². The summed E-state index contributed by atoms with van der Waals surface area (Å²) in [5, 5.41) is 20.9. The smallest absolute Gasteiger partial charge is 0.221 e. The minimum absolute atomic E-state index is 0.252. The summed E-state index contributed by atoms with van der Waals surface area (Å²) in [5.74, 6) is 0.845. The van der Waals surface area contributed by atoms with Gasteiger partial charge < -0.3 is 10.8 Å². The van der Waals surface area contributed by atoms with Crippen molar-refractivity contribution < 1.29 is 5.11 Å². The van der Waals surface area contributed by atoms with Crippen LogP contribution in [0.2, 0.25) is 0 Å². The van der Waals surface area contributed by atoms with E-state index in [-0.39, 0.29) is 5.95 Å². The van der Waals surface area contributed by atoms with E-state index in [1.165, 1.54) is 18.4 Å². The molecule has 148 valence electrons. The maximum atomic E-state index is 10.2. The highest BCUT2D eigenvalue weighted by molar-refractivity contribution is 7.17. The molecule has 1 aliphatic rings. The molecular formula is C20H21N7OS. The molecule has 29 heavy (non-hydrogen) atoms. The monoisotopic (exact) mass is 407 g/mol. The Kier molecular flexibility index (Phi) is 4.11. The lowest BCUT2D eigenvalue weighted by molar-refractivity contribution is 0.0736. The normalized spacial score (nSPS) is 14.6. The van der Waals surface area contributed by atoms with Gasteiger partial charge in [0, 0.05) is 0 Å². The minimum atomic E-state index is -0.994. The maximum absolute atomic E-state index is 10.2. The Morgan fingerprint density at radius 2 is 2.07 bits per heavy atom. The highest BCUT2D eigenvalue weighted by atomic mass is 32.1. The molecule has 0 spiro atoms. The Balaban J connectivity index is 1.48. The summed E-state index contributed by atoms with van der Waals surface area (Å²) in [6, 6.07) is 5.59. The molecular weight excluding hydrogens is 386 g/mol. The summed E-state index contributed by atoms with van der Waals surface area (Å²) in [4.78, 5) is 13.5. The van der Waals surface area contributed by atoms with Crippen LogP contribution in [0.15, 0.2) is 29.8 Å². The molecule has 1 saturated carbocycles. The van der Waals surface area contributed by atoms with E-state index in [9.17, 15) is 5.11 Å². The second-order valence-electron chi connectivity index (χ2n) is 7.95. The predicted octanol–water partition coefficient (Wildman–Crippen LogP) is 3.08. The van der Waals surface area contributed by atoms with Crippen molar-refractivity contribution in [2.24, 2.45) is 0 Å². The van der Waals surface area contributed by atoms with Gasteiger partial charge >= 0.3 is 0 Å². The summed E-state index contributed by atoms with van der Waals surface area (Å²) < 4.78 is 2.71. The summed E-state index contributed by atoms with van der Waals surface area (Å²) in [6.45, 7) is 3.88. The molecule has 4 aromatic heterocycles. The van der Waals surface area contributed by atoms with Gasteiger partial charge in [-0.3, -0.25) is 4.98 Å². The average Bonchev–Trinajstić information content (AvgIpc) is 3.26. The summed E-state index contributed by atoms with van der Waals surface area (Å²) >= 11 is 1.63. The van der Waals surface area contributed by atoms with Gasteiger partial charge in [-0.15, -0.1) is 16.4 Å². The third-order valence-electron chi connectivity index (χ3n) is 5.02. The van der Waals surface area contributed by atoms with E-state index in [4.69, 9.17) is 5.73 Å². The first-order chi connectivity index (χ1) is 13.9. The van der Waals surface area contributed by atoms with E-state index in [1.54, 1.807) is 29.9 Å². The van der Waals surface area contributed by atoms with E-state index >= 15 is 0 Å². The number of rotatable bonds is 5. The van der Waals surface area contributed by atoms with E-state index in [0.717, 1.165) is 15.9 Å². The van der Waals surface area contributed by atoms with Crippen molar-refractivity contribution in [1.82, 2.24) is 29.9 Å². The zero-order valence-corrected chi connectivity index (χ0v) is 17.0. The number of pyridine rings is 1. The standard InChI is InChI=1S/C20H21N7OS/c1-20(2,28)15-5-3-4-12(22-15)8-27-9-14(25-26-27)17-18-16(23-19(21)24-17)13(10-29-18)11-6-7-11/h3-5,9-11,28H,6-8H2,1-2H3,(H2,21,23,24). The van der Waals surface area contributed by atoms with Crippen molar-refractivity contribution in [3.05, 3.63) is 46.7 Å². The first-order valence-electron chi connectivity index (χ1n) is 9.52. The van der Waals surface area contributed by atoms with E-state index in [1.807, 2.05) is 24.4 Å². The van der Waals surface area contributed by atoms with Gasteiger partial charge in [0.1, 0.15) is 17.0 Å². The average molecular weight is 408 g/mol. The topological polar surface area (TPSA) is 116 Å². The molecule has 8 nitrogen and oxygen atoms in total. The molecule has 0 aliphatic heterocycles. The van der Waals surface area contributed by atoms with Crippen LogP contribution in [0.4, 0.5) is 5.95 Å². The Morgan fingerprint density at radius 3 is 2.83 bits per heavy atom. The Morgan fingerprint density at radius 1 is 1.24 bits per heavy atom. The molecule has 0 atom stereocenters. The van der Waals surface area contributed by atoms with Crippen LogP contribution in [-0.4, -0.2) is 35.1 Å². The van der Waals surface area contributed by atoms with Crippen LogP contribution in [0.5, 0.6) is 0 Å². The van der Waals surface area contributed by atoms with Crippen LogP contribution in [0.1, 0.15) is 49.6 Å². The van der Waals surface area contributed by atoms with Gasteiger partial charge in [-0.1, -0.05) is 11.3 Å². The van der Waals surface area contributed by atoms with Crippen molar-refractivity contribution in [2.75, 3.05) is 5.73 Å². The summed E-state index contributed by atoms with van der Waals surface area (Å²) in [6.07, 6.45) is 4.26. The van der Waals surface area contributed by atoms with E-state index in [0.29, 0.717) is 29.5 Å². The van der Waals surface area contributed by atoms with Gasteiger partial charge in [-0.05, 0) is 55.7 Å². The number of nitrogens with two attached hydrogens (primary N) is 1. The zero-order valence-electron chi connectivity index (χ0n) is 16.2. The maximum Gasteiger partial charge on any atom is 0.221 e. The van der Waals surface area contributed by atoms with E-state index in [2.05, 4.69) is 30.6 Å². The number of nitrogen functional groups attached to an aromatic ring is 1. The molecule has 0 bridgehead atoms. The molecule has 0 saturated heterocycles. The number of aliphatic hydroxyl groups is 1. The van der Waals surface area contributed by atoms with Crippen LogP contribution in [0.25, 0.3) is 21.6 Å². The quantitative estimate of drug-likeness (QED) is 0.522. The number of thiophene rings is 1. The second kappa shape index (κ2) is 6.57. The first-order valence-corrected chi connectivity index (χ1v) is 10.4. The number of aromatic nitrogens is 6. The molecule has 1 fully saturated rings. The first kappa shape index (κ1) is 18.1. The highest BCUT2D eigenvalue weighted by Crippen LogP contribution is 2.46. The molecule has 3 N–H and O–H groups in total. The fraction of sp³-hybridized carbons (Fsp3) is 0.350.